The Morgan fingerprint density at radius 2 is 2.00 bits per heavy atom. The first-order valence-electron chi connectivity index (χ1n) is 8.75. The summed E-state index contributed by atoms with van der Waals surface area (Å²) >= 11 is 0. The van der Waals surface area contributed by atoms with Crippen molar-refractivity contribution in [2.45, 2.75) is 24.8 Å². The minimum atomic E-state index is -3.62. The summed E-state index contributed by atoms with van der Waals surface area (Å²) in [7, 11) is -0.335. The number of benzene rings is 1. The fraction of sp³-hybridized carbons (Fsp3) is 0.444. The predicted molar refractivity (Wildman–Crippen MR) is 101 cm³/mol. The molecule has 1 aliphatic heterocycles. The average molecular weight is 392 g/mol. The molecule has 27 heavy (non-hydrogen) atoms. The smallest absolute Gasteiger partial charge is 0.262 e. The molecule has 1 amide bonds. The molecular weight excluding hydrogens is 368 g/mol. The molecule has 2 aromatic rings. The number of amides is 1. The van der Waals surface area contributed by atoms with Crippen LogP contribution in [0, 0.1) is 12.8 Å². The second-order valence-electron chi connectivity index (χ2n) is 6.75. The molecule has 1 aromatic heterocycles. The van der Waals surface area contributed by atoms with Gasteiger partial charge in [-0.05, 0) is 37.5 Å². The third-order valence-corrected chi connectivity index (χ3v) is 6.51. The number of anilines is 1. The van der Waals surface area contributed by atoms with Crippen molar-refractivity contribution < 1.29 is 17.9 Å². The molecule has 0 aliphatic carbocycles. The number of sulfonamides is 1. The summed E-state index contributed by atoms with van der Waals surface area (Å²) in [4.78, 5) is 16.6. The van der Waals surface area contributed by atoms with Gasteiger partial charge in [-0.15, -0.1) is 0 Å². The highest BCUT2D eigenvalue weighted by molar-refractivity contribution is 7.89. The van der Waals surface area contributed by atoms with Crippen LogP contribution < -0.4 is 10.1 Å². The third kappa shape index (κ3) is 4.14. The molecule has 0 radical (unpaired) electrons. The average Bonchev–Trinajstić information content (AvgIpc) is 3.09. The van der Waals surface area contributed by atoms with Crippen LogP contribution in [-0.2, 0) is 21.9 Å². The number of imidazole rings is 1. The SMILES string of the molecule is COc1ccc(C)cc1NC(=O)C1CCN(S(=O)(=O)c2cn(C)cn2)CC1. The number of hydrogen-bond donors (Lipinski definition) is 1. The van der Waals surface area contributed by atoms with Crippen molar-refractivity contribution in [1.82, 2.24) is 13.9 Å². The summed E-state index contributed by atoms with van der Waals surface area (Å²) < 4.78 is 33.5. The van der Waals surface area contributed by atoms with Crippen molar-refractivity contribution >= 4 is 21.6 Å². The molecule has 0 unspecified atom stereocenters. The molecule has 8 nitrogen and oxygen atoms in total. The van der Waals surface area contributed by atoms with Crippen LogP contribution in [0.15, 0.2) is 35.7 Å². The standard InChI is InChI=1S/C18H24N4O4S/c1-13-4-5-16(26-3)15(10-13)20-18(23)14-6-8-22(9-7-14)27(24,25)17-11-21(2)12-19-17/h4-5,10-12,14H,6-9H2,1-3H3,(H,20,23). The highest BCUT2D eigenvalue weighted by Crippen LogP contribution is 2.28. The van der Waals surface area contributed by atoms with Crippen LogP contribution in [0.5, 0.6) is 5.75 Å². The number of nitrogens with zero attached hydrogens (tertiary/aromatic N) is 3. The van der Waals surface area contributed by atoms with Gasteiger partial charge in [0.15, 0.2) is 5.03 Å². The lowest BCUT2D eigenvalue weighted by atomic mass is 9.97. The van der Waals surface area contributed by atoms with E-state index in [1.54, 1.807) is 18.7 Å². The summed E-state index contributed by atoms with van der Waals surface area (Å²) in [5.74, 6) is 0.239. The zero-order valence-corrected chi connectivity index (χ0v) is 16.5. The normalized spacial score (nSPS) is 16.3. The molecular formula is C18H24N4O4S. The quantitative estimate of drug-likeness (QED) is 0.837. The predicted octanol–water partition coefficient (Wildman–Crippen LogP) is 1.78. The Bertz CT molecular complexity index is 931. The van der Waals surface area contributed by atoms with Gasteiger partial charge in [-0.25, -0.2) is 13.4 Å². The van der Waals surface area contributed by atoms with E-state index in [1.165, 1.54) is 16.8 Å². The van der Waals surface area contributed by atoms with Crippen molar-refractivity contribution in [3.63, 3.8) is 0 Å². The molecule has 1 aromatic carbocycles. The number of aromatic nitrogens is 2. The number of piperidine rings is 1. The van der Waals surface area contributed by atoms with Gasteiger partial charge in [0, 0.05) is 32.3 Å². The fourth-order valence-corrected chi connectivity index (χ4v) is 4.60. The van der Waals surface area contributed by atoms with Crippen LogP contribution in [0.2, 0.25) is 0 Å². The molecule has 9 heteroatoms. The Morgan fingerprint density at radius 1 is 1.30 bits per heavy atom. The van der Waals surface area contributed by atoms with Gasteiger partial charge in [0.05, 0.1) is 19.1 Å². The zero-order chi connectivity index (χ0) is 19.6. The van der Waals surface area contributed by atoms with Crippen LogP contribution in [0.1, 0.15) is 18.4 Å². The van der Waals surface area contributed by atoms with Crippen LogP contribution in [0.4, 0.5) is 5.69 Å². The van der Waals surface area contributed by atoms with Gasteiger partial charge in [0.1, 0.15) is 5.75 Å². The third-order valence-electron chi connectivity index (χ3n) is 4.72. The number of ether oxygens (including phenoxy) is 1. The molecule has 0 atom stereocenters. The summed E-state index contributed by atoms with van der Waals surface area (Å²) in [5, 5.41) is 2.95. The Labute approximate surface area is 159 Å². The number of hydrogen-bond acceptors (Lipinski definition) is 5. The lowest BCUT2D eigenvalue weighted by molar-refractivity contribution is -0.120. The van der Waals surface area contributed by atoms with Gasteiger partial charge in [0.25, 0.3) is 10.0 Å². The summed E-state index contributed by atoms with van der Waals surface area (Å²) in [6.07, 6.45) is 3.87. The van der Waals surface area contributed by atoms with Crippen LogP contribution in [0.3, 0.4) is 0 Å². The van der Waals surface area contributed by atoms with Gasteiger partial charge < -0.3 is 14.6 Å². The van der Waals surface area contributed by atoms with E-state index >= 15 is 0 Å². The van der Waals surface area contributed by atoms with Gasteiger partial charge >= 0.3 is 0 Å². The highest BCUT2D eigenvalue weighted by Gasteiger charge is 2.33. The fourth-order valence-electron chi connectivity index (χ4n) is 3.17. The minimum Gasteiger partial charge on any atom is -0.495 e. The number of carbonyl (C=O) groups is 1. The molecule has 0 saturated carbocycles. The van der Waals surface area contributed by atoms with E-state index in [9.17, 15) is 13.2 Å². The first-order chi connectivity index (χ1) is 12.8. The van der Waals surface area contributed by atoms with E-state index in [-0.39, 0.29) is 16.9 Å². The molecule has 1 aliphatic rings. The molecule has 2 heterocycles. The number of nitrogens with one attached hydrogen (secondary N) is 1. The topological polar surface area (TPSA) is 93.5 Å². The summed E-state index contributed by atoms with van der Waals surface area (Å²) in [6.45, 7) is 2.53. The zero-order valence-electron chi connectivity index (χ0n) is 15.7. The van der Waals surface area contributed by atoms with Crippen molar-refractivity contribution in [1.29, 1.82) is 0 Å². The summed E-state index contributed by atoms with van der Waals surface area (Å²) in [5.41, 5.74) is 1.65. The van der Waals surface area contributed by atoms with Crippen LogP contribution in [-0.4, -0.2) is 48.4 Å². The van der Waals surface area contributed by atoms with E-state index in [1.807, 2.05) is 25.1 Å². The maximum Gasteiger partial charge on any atom is 0.262 e. The second-order valence-corrected chi connectivity index (χ2v) is 8.63. The lowest BCUT2D eigenvalue weighted by Crippen LogP contribution is -2.41. The maximum absolute atomic E-state index is 12.6. The monoisotopic (exact) mass is 392 g/mol. The van der Waals surface area contributed by atoms with E-state index in [2.05, 4.69) is 10.3 Å². The molecule has 1 saturated heterocycles. The molecule has 0 spiro atoms. The number of methoxy groups -OCH3 is 1. The Kier molecular flexibility index (Phi) is 5.52. The van der Waals surface area contributed by atoms with E-state index < -0.39 is 10.0 Å². The number of rotatable bonds is 5. The summed E-state index contributed by atoms with van der Waals surface area (Å²) in [6, 6.07) is 5.58. The first kappa shape index (κ1) is 19.4. The second kappa shape index (κ2) is 7.69. The van der Waals surface area contributed by atoms with Crippen molar-refractivity contribution in [3.8, 4) is 5.75 Å². The van der Waals surface area contributed by atoms with Gasteiger partial charge in [-0.1, -0.05) is 6.07 Å². The lowest BCUT2D eigenvalue weighted by Gasteiger charge is -2.30. The van der Waals surface area contributed by atoms with E-state index in [0.717, 1.165) is 5.56 Å². The molecule has 1 fully saturated rings. The van der Waals surface area contributed by atoms with Crippen molar-refractivity contribution in [3.05, 3.63) is 36.3 Å². The number of carbonyl (C=O) groups excluding carboxylic acids is 1. The maximum atomic E-state index is 12.6. The van der Waals surface area contributed by atoms with Crippen LogP contribution in [0.25, 0.3) is 0 Å². The van der Waals surface area contributed by atoms with Crippen LogP contribution >= 0.6 is 0 Å². The largest absolute Gasteiger partial charge is 0.495 e. The highest BCUT2D eigenvalue weighted by atomic mass is 32.2. The molecule has 3 rings (SSSR count). The van der Waals surface area contributed by atoms with Crippen molar-refractivity contribution in [2.24, 2.45) is 13.0 Å². The van der Waals surface area contributed by atoms with E-state index in [0.29, 0.717) is 37.4 Å². The Balaban J connectivity index is 1.64. The van der Waals surface area contributed by atoms with Gasteiger partial charge in [0.2, 0.25) is 5.91 Å². The molecule has 1 N–H and O–H groups in total. The number of aryl methyl sites for hydroxylation is 2. The Hall–Kier alpha value is -2.39. The van der Waals surface area contributed by atoms with Gasteiger partial charge in [-0.2, -0.15) is 4.31 Å². The Morgan fingerprint density at radius 3 is 2.59 bits per heavy atom. The van der Waals surface area contributed by atoms with E-state index in [4.69, 9.17) is 4.74 Å². The van der Waals surface area contributed by atoms with Gasteiger partial charge in [-0.3, -0.25) is 4.79 Å². The molecule has 0 bridgehead atoms. The minimum absolute atomic E-state index is 0.0393. The van der Waals surface area contributed by atoms with Crippen molar-refractivity contribution in [2.75, 3.05) is 25.5 Å². The molecule has 146 valence electrons. The first-order valence-corrected chi connectivity index (χ1v) is 10.2.